The summed E-state index contributed by atoms with van der Waals surface area (Å²) in [6.07, 6.45) is 8.89. The topological polar surface area (TPSA) is 41.5 Å². The Morgan fingerprint density at radius 2 is 2.00 bits per heavy atom. The zero-order valence-electron chi connectivity index (χ0n) is 12.2. The smallest absolute Gasteiger partial charge is 0.126 e. The van der Waals surface area contributed by atoms with Crippen molar-refractivity contribution in [3.63, 3.8) is 0 Å². The van der Waals surface area contributed by atoms with Crippen LogP contribution in [0.5, 0.6) is 5.75 Å². The SMILES string of the molecule is COc1ccccc1/C=C/CNC1CCC(CO)CC1. The first-order chi connectivity index (χ1) is 9.83. The number of hydrogen-bond acceptors (Lipinski definition) is 3. The van der Waals surface area contributed by atoms with E-state index in [9.17, 15) is 0 Å². The molecule has 0 heterocycles. The Balaban J connectivity index is 1.74. The molecule has 1 aliphatic carbocycles. The van der Waals surface area contributed by atoms with Crippen molar-refractivity contribution in [3.8, 4) is 5.75 Å². The number of aliphatic hydroxyl groups excluding tert-OH is 1. The van der Waals surface area contributed by atoms with Crippen LogP contribution >= 0.6 is 0 Å². The summed E-state index contributed by atoms with van der Waals surface area (Å²) in [7, 11) is 1.70. The Bertz CT molecular complexity index is 423. The van der Waals surface area contributed by atoms with Gasteiger partial charge in [0, 0.05) is 24.8 Å². The third-order valence-electron chi connectivity index (χ3n) is 4.07. The second-order valence-corrected chi connectivity index (χ2v) is 5.45. The Labute approximate surface area is 121 Å². The van der Waals surface area contributed by atoms with Gasteiger partial charge in [-0.2, -0.15) is 0 Å². The number of aliphatic hydroxyl groups is 1. The number of rotatable bonds is 6. The molecule has 0 aromatic heterocycles. The number of benzene rings is 1. The van der Waals surface area contributed by atoms with Gasteiger partial charge in [0.2, 0.25) is 0 Å². The van der Waals surface area contributed by atoms with Gasteiger partial charge in [0.05, 0.1) is 7.11 Å². The molecule has 3 nitrogen and oxygen atoms in total. The van der Waals surface area contributed by atoms with Crippen molar-refractivity contribution in [1.29, 1.82) is 0 Å². The highest BCUT2D eigenvalue weighted by Crippen LogP contribution is 2.23. The van der Waals surface area contributed by atoms with E-state index in [-0.39, 0.29) is 0 Å². The van der Waals surface area contributed by atoms with Crippen molar-refractivity contribution in [2.75, 3.05) is 20.3 Å². The summed E-state index contributed by atoms with van der Waals surface area (Å²) in [6, 6.07) is 8.63. The lowest BCUT2D eigenvalue weighted by atomic mass is 9.86. The van der Waals surface area contributed by atoms with E-state index in [1.54, 1.807) is 7.11 Å². The average Bonchev–Trinajstić information content (AvgIpc) is 2.52. The summed E-state index contributed by atoms with van der Waals surface area (Å²) >= 11 is 0. The third-order valence-corrected chi connectivity index (χ3v) is 4.07. The predicted molar refractivity (Wildman–Crippen MR) is 82.9 cm³/mol. The molecule has 2 N–H and O–H groups in total. The molecule has 0 unspecified atom stereocenters. The Morgan fingerprint density at radius 3 is 2.70 bits per heavy atom. The summed E-state index contributed by atoms with van der Waals surface area (Å²) in [5.41, 5.74) is 1.11. The molecule has 1 fully saturated rings. The van der Waals surface area contributed by atoms with Gasteiger partial charge in [-0.15, -0.1) is 0 Å². The second kappa shape index (κ2) is 8.08. The quantitative estimate of drug-likeness (QED) is 0.839. The number of methoxy groups -OCH3 is 1. The number of ether oxygens (including phenoxy) is 1. The molecule has 0 atom stereocenters. The summed E-state index contributed by atoms with van der Waals surface area (Å²) < 4.78 is 5.32. The molecule has 20 heavy (non-hydrogen) atoms. The van der Waals surface area contributed by atoms with Crippen LogP contribution in [0, 0.1) is 5.92 Å². The van der Waals surface area contributed by atoms with E-state index >= 15 is 0 Å². The molecular weight excluding hydrogens is 250 g/mol. The molecule has 1 aromatic rings. The molecular formula is C17H25NO2. The van der Waals surface area contributed by atoms with Crippen molar-refractivity contribution >= 4 is 6.08 Å². The van der Waals surface area contributed by atoms with E-state index in [0.717, 1.165) is 30.7 Å². The summed E-state index contributed by atoms with van der Waals surface area (Å²) in [6.45, 7) is 1.23. The van der Waals surface area contributed by atoms with Crippen LogP contribution in [-0.4, -0.2) is 31.4 Å². The maximum absolute atomic E-state index is 9.12. The molecule has 1 aromatic carbocycles. The molecule has 3 heteroatoms. The van der Waals surface area contributed by atoms with Crippen molar-refractivity contribution in [3.05, 3.63) is 35.9 Å². The van der Waals surface area contributed by atoms with E-state index in [1.807, 2.05) is 18.2 Å². The summed E-state index contributed by atoms with van der Waals surface area (Å²) in [5, 5.41) is 12.7. The lowest BCUT2D eigenvalue weighted by Gasteiger charge is -2.27. The monoisotopic (exact) mass is 275 g/mol. The third kappa shape index (κ3) is 4.36. The molecule has 0 aliphatic heterocycles. The van der Waals surface area contributed by atoms with Crippen LogP contribution in [0.2, 0.25) is 0 Å². The van der Waals surface area contributed by atoms with E-state index in [0.29, 0.717) is 18.6 Å². The molecule has 0 radical (unpaired) electrons. The highest BCUT2D eigenvalue weighted by atomic mass is 16.5. The molecule has 110 valence electrons. The number of nitrogens with one attached hydrogen (secondary N) is 1. The van der Waals surface area contributed by atoms with Gasteiger partial charge >= 0.3 is 0 Å². The maximum Gasteiger partial charge on any atom is 0.126 e. The maximum atomic E-state index is 9.12. The summed E-state index contributed by atoms with van der Waals surface area (Å²) in [5.74, 6) is 1.43. The summed E-state index contributed by atoms with van der Waals surface area (Å²) in [4.78, 5) is 0. The lowest BCUT2D eigenvalue weighted by Crippen LogP contribution is -2.33. The van der Waals surface area contributed by atoms with Crippen LogP contribution in [0.3, 0.4) is 0 Å². The first-order valence-corrected chi connectivity index (χ1v) is 7.47. The van der Waals surface area contributed by atoms with Crippen LogP contribution in [0.1, 0.15) is 31.2 Å². The standard InChI is InChI=1S/C17H25NO2/c1-20-17-7-3-2-5-15(17)6-4-12-18-16-10-8-14(13-19)9-11-16/h2-7,14,16,18-19H,8-13H2,1H3/b6-4+. The zero-order chi connectivity index (χ0) is 14.2. The zero-order valence-corrected chi connectivity index (χ0v) is 12.2. The van der Waals surface area contributed by atoms with E-state index in [2.05, 4.69) is 23.5 Å². The van der Waals surface area contributed by atoms with E-state index < -0.39 is 0 Å². The fourth-order valence-corrected chi connectivity index (χ4v) is 2.77. The normalized spacial score (nSPS) is 23.1. The Hall–Kier alpha value is -1.32. The number of hydrogen-bond donors (Lipinski definition) is 2. The van der Waals surface area contributed by atoms with Gasteiger partial charge in [-0.25, -0.2) is 0 Å². The van der Waals surface area contributed by atoms with Crippen LogP contribution < -0.4 is 10.1 Å². The minimum atomic E-state index is 0.348. The Morgan fingerprint density at radius 1 is 1.25 bits per heavy atom. The van der Waals surface area contributed by atoms with Crippen molar-refractivity contribution in [2.24, 2.45) is 5.92 Å². The van der Waals surface area contributed by atoms with E-state index in [1.165, 1.54) is 12.8 Å². The minimum Gasteiger partial charge on any atom is -0.496 e. The highest BCUT2D eigenvalue weighted by molar-refractivity contribution is 5.57. The van der Waals surface area contributed by atoms with Crippen molar-refractivity contribution in [2.45, 2.75) is 31.7 Å². The molecule has 0 amide bonds. The Kier molecular flexibility index (Phi) is 6.09. The molecule has 2 rings (SSSR count). The fraction of sp³-hybridized carbons (Fsp3) is 0.529. The fourth-order valence-electron chi connectivity index (χ4n) is 2.77. The van der Waals surface area contributed by atoms with Gasteiger partial charge in [0.25, 0.3) is 0 Å². The first-order valence-electron chi connectivity index (χ1n) is 7.47. The molecule has 0 saturated heterocycles. The van der Waals surface area contributed by atoms with Gasteiger partial charge in [0.15, 0.2) is 0 Å². The van der Waals surface area contributed by atoms with Gasteiger partial charge in [0.1, 0.15) is 5.75 Å². The molecule has 1 saturated carbocycles. The highest BCUT2D eigenvalue weighted by Gasteiger charge is 2.19. The van der Waals surface area contributed by atoms with Gasteiger partial charge in [-0.1, -0.05) is 30.4 Å². The van der Waals surface area contributed by atoms with Gasteiger partial charge in [-0.3, -0.25) is 0 Å². The number of para-hydroxylation sites is 1. The lowest BCUT2D eigenvalue weighted by molar-refractivity contribution is 0.176. The van der Waals surface area contributed by atoms with Crippen LogP contribution in [-0.2, 0) is 0 Å². The molecule has 1 aliphatic rings. The van der Waals surface area contributed by atoms with Gasteiger partial charge in [-0.05, 0) is 37.7 Å². The van der Waals surface area contributed by atoms with Crippen molar-refractivity contribution in [1.82, 2.24) is 5.32 Å². The van der Waals surface area contributed by atoms with Crippen LogP contribution in [0.15, 0.2) is 30.3 Å². The van der Waals surface area contributed by atoms with Crippen LogP contribution in [0.4, 0.5) is 0 Å². The van der Waals surface area contributed by atoms with Crippen molar-refractivity contribution < 1.29 is 9.84 Å². The van der Waals surface area contributed by atoms with E-state index in [4.69, 9.17) is 9.84 Å². The van der Waals surface area contributed by atoms with Gasteiger partial charge < -0.3 is 15.2 Å². The average molecular weight is 275 g/mol. The largest absolute Gasteiger partial charge is 0.496 e. The van der Waals surface area contributed by atoms with Crippen LogP contribution in [0.25, 0.3) is 6.08 Å². The minimum absolute atomic E-state index is 0.348. The molecule has 0 spiro atoms. The molecule has 0 bridgehead atoms. The first kappa shape index (κ1) is 15.1. The predicted octanol–water partition coefficient (Wildman–Crippen LogP) is 2.85. The second-order valence-electron chi connectivity index (χ2n) is 5.45.